The van der Waals surface area contributed by atoms with E-state index < -0.39 is 0 Å². The summed E-state index contributed by atoms with van der Waals surface area (Å²) >= 11 is 0. The van der Waals surface area contributed by atoms with Gasteiger partial charge in [0.15, 0.2) is 6.04 Å². The van der Waals surface area contributed by atoms with E-state index in [1.165, 1.54) is 4.90 Å². The van der Waals surface area contributed by atoms with Gasteiger partial charge in [0, 0.05) is 43.1 Å². The third-order valence-corrected chi connectivity index (χ3v) is 5.90. The van der Waals surface area contributed by atoms with Crippen molar-refractivity contribution in [1.29, 1.82) is 0 Å². The summed E-state index contributed by atoms with van der Waals surface area (Å²) < 4.78 is 0. The monoisotopic (exact) mass is 394 g/mol. The number of likely N-dealkylation sites (tertiary alicyclic amines) is 1. The lowest BCUT2D eigenvalue weighted by molar-refractivity contribution is -0.927. The van der Waals surface area contributed by atoms with E-state index in [-0.39, 0.29) is 23.8 Å². The number of para-hydroxylation sites is 1. The van der Waals surface area contributed by atoms with Crippen LogP contribution in [-0.4, -0.2) is 42.9 Å². The minimum atomic E-state index is -0.200. The number of carbonyl (C=O) groups excluding carboxylic acids is 2. The Morgan fingerprint density at radius 1 is 0.966 bits per heavy atom. The van der Waals surface area contributed by atoms with E-state index in [1.54, 1.807) is 0 Å². The summed E-state index contributed by atoms with van der Waals surface area (Å²) in [4.78, 5) is 29.1. The number of amides is 2. The van der Waals surface area contributed by atoms with Crippen molar-refractivity contribution in [3.8, 4) is 0 Å². The van der Waals surface area contributed by atoms with Crippen LogP contribution in [0.4, 0.5) is 5.69 Å². The van der Waals surface area contributed by atoms with E-state index in [2.05, 4.69) is 5.32 Å². The molecule has 0 radical (unpaired) electrons. The summed E-state index contributed by atoms with van der Waals surface area (Å²) in [6, 6.07) is 19.5. The smallest absolute Gasteiger partial charge is 0.285 e. The van der Waals surface area contributed by atoms with E-state index in [0.717, 1.165) is 37.2 Å². The highest BCUT2D eigenvalue weighted by Gasteiger charge is 2.38. The first-order valence-corrected chi connectivity index (χ1v) is 10.7. The van der Waals surface area contributed by atoms with Crippen LogP contribution in [0.2, 0.25) is 0 Å². The van der Waals surface area contributed by atoms with Gasteiger partial charge in [-0.25, -0.2) is 0 Å². The number of anilines is 1. The molecule has 0 aliphatic carbocycles. The number of hydrogen-bond acceptors (Lipinski definition) is 2. The topological polar surface area (TPSA) is 53.9 Å². The van der Waals surface area contributed by atoms with Gasteiger partial charge in [-0.15, -0.1) is 0 Å². The molecule has 1 fully saturated rings. The van der Waals surface area contributed by atoms with Crippen LogP contribution in [0.25, 0.3) is 0 Å². The number of nitrogens with one attached hydrogen (secondary N) is 2. The van der Waals surface area contributed by atoms with Crippen molar-refractivity contribution in [1.82, 2.24) is 4.90 Å². The van der Waals surface area contributed by atoms with Crippen molar-refractivity contribution in [3.63, 3.8) is 0 Å². The molecule has 154 valence electrons. The molecule has 1 saturated heterocycles. The van der Waals surface area contributed by atoms with Gasteiger partial charge in [0.25, 0.3) is 5.91 Å². The second-order valence-electron chi connectivity index (χ2n) is 7.64. The van der Waals surface area contributed by atoms with Crippen molar-refractivity contribution in [2.24, 2.45) is 5.92 Å². The zero-order valence-electron chi connectivity index (χ0n) is 17.4. The molecule has 1 aliphatic rings. The Balaban J connectivity index is 1.68. The van der Waals surface area contributed by atoms with Crippen molar-refractivity contribution >= 4 is 17.5 Å². The molecule has 5 heteroatoms. The Labute approximate surface area is 173 Å². The minimum absolute atomic E-state index is 0.000986. The zero-order chi connectivity index (χ0) is 20.6. The van der Waals surface area contributed by atoms with Crippen LogP contribution in [0.3, 0.4) is 0 Å². The van der Waals surface area contributed by atoms with Crippen LogP contribution in [0.5, 0.6) is 0 Å². The van der Waals surface area contributed by atoms with Gasteiger partial charge < -0.3 is 15.1 Å². The third kappa shape index (κ3) is 5.24. The molecular formula is C24H32N3O2+. The van der Waals surface area contributed by atoms with Crippen LogP contribution in [0.1, 0.15) is 38.3 Å². The number of likely N-dealkylation sites (N-methyl/N-ethyl adjacent to an activating group) is 1. The quantitative estimate of drug-likeness (QED) is 0.758. The maximum atomic E-state index is 13.3. The van der Waals surface area contributed by atoms with Gasteiger partial charge in [0.2, 0.25) is 5.91 Å². The van der Waals surface area contributed by atoms with Gasteiger partial charge in [-0.05, 0) is 26.0 Å². The number of quaternary nitrogens is 1. The molecule has 0 spiro atoms. The van der Waals surface area contributed by atoms with E-state index in [9.17, 15) is 9.59 Å². The van der Waals surface area contributed by atoms with Gasteiger partial charge >= 0.3 is 0 Å². The molecule has 1 heterocycles. The minimum Gasteiger partial charge on any atom is -0.338 e. The van der Waals surface area contributed by atoms with Crippen molar-refractivity contribution < 1.29 is 14.5 Å². The highest BCUT2D eigenvalue weighted by molar-refractivity contribution is 5.92. The lowest BCUT2D eigenvalue weighted by Crippen LogP contribution is -3.14. The van der Waals surface area contributed by atoms with Crippen LogP contribution in [0, 0.1) is 5.92 Å². The molecule has 2 aromatic carbocycles. The maximum Gasteiger partial charge on any atom is 0.285 e. The second-order valence-corrected chi connectivity index (χ2v) is 7.64. The van der Waals surface area contributed by atoms with Crippen LogP contribution < -0.4 is 10.2 Å². The lowest BCUT2D eigenvalue weighted by atomic mass is 9.93. The van der Waals surface area contributed by atoms with Gasteiger partial charge in [-0.2, -0.15) is 0 Å². The van der Waals surface area contributed by atoms with Crippen LogP contribution in [-0.2, 0) is 9.59 Å². The Bertz CT molecular complexity index is 782. The van der Waals surface area contributed by atoms with Gasteiger partial charge in [-0.3, -0.25) is 9.59 Å². The molecule has 2 N–H and O–H groups in total. The molecule has 1 atom stereocenters. The van der Waals surface area contributed by atoms with Crippen LogP contribution >= 0.6 is 0 Å². The number of carbonyl (C=O) groups is 2. The molecule has 3 rings (SSSR count). The first kappa shape index (κ1) is 21.1. The number of piperidine rings is 1. The third-order valence-electron chi connectivity index (χ3n) is 5.90. The highest BCUT2D eigenvalue weighted by atomic mass is 16.2. The summed E-state index contributed by atoms with van der Waals surface area (Å²) in [6.07, 6.45) is 1.59. The molecule has 0 aromatic heterocycles. The molecular weight excluding hydrogens is 362 g/mol. The fourth-order valence-corrected chi connectivity index (χ4v) is 4.22. The average molecular weight is 395 g/mol. The SMILES string of the molecule is CCN(CC)C(=O)[C@@H](c1ccccc1)[NH+]1CCC(C(=O)Nc2ccccc2)CC1. The van der Waals surface area contributed by atoms with Crippen LogP contribution in [0.15, 0.2) is 60.7 Å². The maximum absolute atomic E-state index is 13.3. The van der Waals surface area contributed by atoms with Crippen molar-refractivity contribution in [2.75, 3.05) is 31.5 Å². The molecule has 29 heavy (non-hydrogen) atoms. The summed E-state index contributed by atoms with van der Waals surface area (Å²) in [6.45, 7) is 7.12. The van der Waals surface area contributed by atoms with E-state index >= 15 is 0 Å². The molecule has 2 amide bonds. The van der Waals surface area contributed by atoms with Crippen molar-refractivity contribution in [3.05, 3.63) is 66.2 Å². The first-order chi connectivity index (χ1) is 14.1. The van der Waals surface area contributed by atoms with E-state index in [0.29, 0.717) is 13.1 Å². The lowest BCUT2D eigenvalue weighted by Gasteiger charge is -2.35. The molecule has 5 nitrogen and oxygen atoms in total. The molecule has 0 unspecified atom stereocenters. The van der Waals surface area contributed by atoms with E-state index in [4.69, 9.17) is 0 Å². The summed E-state index contributed by atoms with van der Waals surface area (Å²) in [5.74, 6) is 0.268. The van der Waals surface area contributed by atoms with Gasteiger partial charge in [0.05, 0.1) is 13.1 Å². The van der Waals surface area contributed by atoms with Crippen molar-refractivity contribution in [2.45, 2.75) is 32.7 Å². The predicted octanol–water partition coefficient (Wildman–Crippen LogP) is 2.53. The standard InChI is InChI=1S/C24H31N3O2/c1-3-26(4-2)24(29)22(19-11-7-5-8-12-19)27-17-15-20(16-18-27)23(28)25-21-13-9-6-10-14-21/h5-14,20,22H,3-4,15-18H2,1-2H3,(H,25,28)/p+1/t22-/m1/s1. The first-order valence-electron chi connectivity index (χ1n) is 10.7. The summed E-state index contributed by atoms with van der Waals surface area (Å²) in [5.41, 5.74) is 1.90. The largest absolute Gasteiger partial charge is 0.338 e. The molecule has 0 saturated carbocycles. The highest BCUT2D eigenvalue weighted by Crippen LogP contribution is 2.18. The fourth-order valence-electron chi connectivity index (χ4n) is 4.22. The zero-order valence-corrected chi connectivity index (χ0v) is 17.4. The number of rotatable bonds is 7. The van der Waals surface area contributed by atoms with Gasteiger partial charge in [-0.1, -0.05) is 48.5 Å². The van der Waals surface area contributed by atoms with E-state index in [1.807, 2.05) is 79.4 Å². The second kappa shape index (κ2) is 10.2. The normalized spacial score (nSPS) is 19.9. The Morgan fingerprint density at radius 2 is 1.52 bits per heavy atom. The number of hydrogen-bond donors (Lipinski definition) is 2. The molecule has 1 aliphatic heterocycles. The Kier molecular flexibility index (Phi) is 7.42. The molecule has 0 bridgehead atoms. The molecule has 2 aromatic rings. The Morgan fingerprint density at radius 3 is 2.07 bits per heavy atom. The summed E-state index contributed by atoms with van der Waals surface area (Å²) in [7, 11) is 0. The number of benzene rings is 2. The average Bonchev–Trinajstić information content (AvgIpc) is 2.77. The predicted molar refractivity (Wildman–Crippen MR) is 116 cm³/mol. The summed E-state index contributed by atoms with van der Waals surface area (Å²) in [5, 5.41) is 3.02. The number of nitrogens with zero attached hydrogens (tertiary/aromatic N) is 1. The fraction of sp³-hybridized carbons (Fsp3) is 0.417. The Hall–Kier alpha value is -2.66. The van der Waals surface area contributed by atoms with Gasteiger partial charge in [0.1, 0.15) is 0 Å².